The number of anilines is 1. The lowest BCUT2D eigenvalue weighted by Gasteiger charge is -2.20. The van der Waals surface area contributed by atoms with E-state index < -0.39 is 15.6 Å². The van der Waals surface area contributed by atoms with Gasteiger partial charge >= 0.3 is 0 Å². The first-order valence-electron chi connectivity index (χ1n) is 9.13. The Balaban J connectivity index is 1.70. The molecule has 1 atom stereocenters. The molecule has 7 nitrogen and oxygen atoms in total. The van der Waals surface area contributed by atoms with Gasteiger partial charge in [0, 0.05) is 29.8 Å². The third kappa shape index (κ3) is 5.15. The Kier molecular flexibility index (Phi) is 5.83. The Bertz CT molecular complexity index is 944. The number of carbonyl (C=O) groups excluding carboxylic acids is 1. The number of hydrogen-bond donors (Lipinski definition) is 2. The Labute approximate surface area is 165 Å². The second-order valence-corrected chi connectivity index (χ2v) is 9.56. The monoisotopic (exact) mass is 403 g/mol. The van der Waals surface area contributed by atoms with Gasteiger partial charge in [0.25, 0.3) is 5.91 Å². The van der Waals surface area contributed by atoms with Gasteiger partial charge in [-0.25, -0.2) is 18.1 Å². The summed E-state index contributed by atoms with van der Waals surface area (Å²) in [5.41, 5.74) is 1.01. The van der Waals surface area contributed by atoms with Gasteiger partial charge in [0.15, 0.2) is 0 Å². The summed E-state index contributed by atoms with van der Waals surface area (Å²) >= 11 is 0. The number of rotatable bonds is 5. The van der Waals surface area contributed by atoms with Crippen LogP contribution in [0.4, 0.5) is 5.82 Å². The highest BCUT2D eigenvalue weighted by Gasteiger charge is 2.22. The molecule has 1 aliphatic heterocycles. The molecular formula is C20H25N3O4S. The Hall–Kier alpha value is -2.29. The number of carbonyl (C=O) groups is 1. The molecule has 1 unspecified atom stereocenters. The minimum absolute atomic E-state index is 0.0451. The van der Waals surface area contributed by atoms with Crippen molar-refractivity contribution in [1.29, 1.82) is 0 Å². The highest BCUT2D eigenvalue weighted by Crippen LogP contribution is 2.26. The molecule has 150 valence electrons. The topological polar surface area (TPSA) is 97.4 Å². The minimum atomic E-state index is -3.67. The molecule has 1 aliphatic rings. The van der Waals surface area contributed by atoms with E-state index in [0.29, 0.717) is 18.1 Å². The number of pyridine rings is 1. The van der Waals surface area contributed by atoms with Crippen LogP contribution in [0, 0.1) is 0 Å². The smallest absolute Gasteiger partial charge is 0.256 e. The fraction of sp³-hybridized carbons (Fsp3) is 0.400. The maximum atomic E-state index is 12.5. The van der Waals surface area contributed by atoms with Gasteiger partial charge in [0.05, 0.1) is 6.61 Å². The van der Waals surface area contributed by atoms with E-state index in [-0.39, 0.29) is 16.6 Å². The number of nitrogens with one attached hydrogen (secondary N) is 2. The van der Waals surface area contributed by atoms with Crippen molar-refractivity contribution in [2.75, 3.05) is 18.5 Å². The van der Waals surface area contributed by atoms with E-state index in [9.17, 15) is 13.2 Å². The van der Waals surface area contributed by atoms with Gasteiger partial charge in [-0.2, -0.15) is 0 Å². The zero-order valence-corrected chi connectivity index (χ0v) is 17.0. The van der Waals surface area contributed by atoms with Crippen LogP contribution in [0.15, 0.2) is 47.5 Å². The normalized spacial score (nSPS) is 17.5. The molecule has 1 aromatic heterocycles. The highest BCUT2D eigenvalue weighted by atomic mass is 32.2. The second kappa shape index (κ2) is 7.98. The Morgan fingerprint density at radius 2 is 2.00 bits per heavy atom. The maximum absolute atomic E-state index is 12.5. The zero-order valence-electron chi connectivity index (χ0n) is 16.2. The number of amides is 1. The lowest BCUT2D eigenvalue weighted by molar-refractivity contribution is 0.102. The van der Waals surface area contributed by atoms with Crippen LogP contribution in [0.25, 0.3) is 0 Å². The molecule has 3 rings (SSSR count). The lowest BCUT2D eigenvalue weighted by atomic mass is 9.96. The van der Waals surface area contributed by atoms with Gasteiger partial charge in [0.2, 0.25) is 10.0 Å². The number of ether oxygens (including phenoxy) is 1. The van der Waals surface area contributed by atoms with E-state index in [1.54, 1.807) is 26.8 Å². The van der Waals surface area contributed by atoms with Crippen LogP contribution in [0.1, 0.15) is 49.0 Å². The summed E-state index contributed by atoms with van der Waals surface area (Å²) in [4.78, 5) is 16.7. The molecule has 2 heterocycles. The molecule has 2 aromatic rings. The van der Waals surface area contributed by atoms with Gasteiger partial charge in [-0.1, -0.05) is 12.1 Å². The summed E-state index contributed by atoms with van der Waals surface area (Å²) in [5, 5.41) is 2.71. The molecule has 1 amide bonds. The molecule has 1 fully saturated rings. The first-order valence-corrected chi connectivity index (χ1v) is 10.6. The number of benzene rings is 1. The third-order valence-electron chi connectivity index (χ3n) is 4.28. The zero-order chi connectivity index (χ0) is 20.4. The molecular weight excluding hydrogens is 378 g/mol. The standard InChI is InChI=1S/C20H25N3O4S/c1-20(2,3)23-28(25,26)17-7-8-18(21-12-17)22-19(24)15-6-4-5-14(11-15)16-9-10-27-13-16/h4-8,11-12,16,23H,9-10,13H2,1-3H3,(H,21,22,24). The van der Waals surface area contributed by atoms with E-state index in [1.807, 2.05) is 18.2 Å². The molecule has 1 saturated heterocycles. The number of sulfonamides is 1. The molecule has 8 heteroatoms. The van der Waals surface area contributed by atoms with Crippen LogP contribution in [0.5, 0.6) is 0 Å². The first kappa shape index (κ1) is 20.4. The van der Waals surface area contributed by atoms with Crippen LogP contribution in [-0.4, -0.2) is 38.1 Å². The fourth-order valence-corrected chi connectivity index (χ4v) is 4.36. The van der Waals surface area contributed by atoms with E-state index in [1.165, 1.54) is 18.3 Å². The van der Waals surface area contributed by atoms with Crippen LogP contribution >= 0.6 is 0 Å². The summed E-state index contributed by atoms with van der Waals surface area (Å²) in [6.07, 6.45) is 2.18. The van der Waals surface area contributed by atoms with E-state index >= 15 is 0 Å². The van der Waals surface area contributed by atoms with Crippen LogP contribution in [0.3, 0.4) is 0 Å². The summed E-state index contributed by atoms with van der Waals surface area (Å²) in [6, 6.07) is 10.3. The Morgan fingerprint density at radius 1 is 1.21 bits per heavy atom. The molecule has 0 saturated carbocycles. The van der Waals surface area contributed by atoms with Crippen LogP contribution in [0.2, 0.25) is 0 Å². The molecule has 2 N–H and O–H groups in total. The van der Waals surface area contributed by atoms with Crippen molar-refractivity contribution < 1.29 is 17.9 Å². The second-order valence-electron chi connectivity index (χ2n) is 7.87. The van der Waals surface area contributed by atoms with Gasteiger partial charge in [-0.15, -0.1) is 0 Å². The number of nitrogens with zero attached hydrogens (tertiary/aromatic N) is 1. The molecule has 0 spiro atoms. The van der Waals surface area contributed by atoms with Crippen molar-refractivity contribution in [2.24, 2.45) is 0 Å². The lowest BCUT2D eigenvalue weighted by Crippen LogP contribution is -2.40. The molecule has 28 heavy (non-hydrogen) atoms. The van der Waals surface area contributed by atoms with Crippen molar-refractivity contribution in [3.8, 4) is 0 Å². The van der Waals surface area contributed by atoms with Crippen molar-refractivity contribution in [1.82, 2.24) is 9.71 Å². The quantitative estimate of drug-likeness (QED) is 0.800. The van der Waals surface area contributed by atoms with E-state index in [4.69, 9.17) is 4.74 Å². The average molecular weight is 404 g/mol. The minimum Gasteiger partial charge on any atom is -0.381 e. The SMILES string of the molecule is CC(C)(C)NS(=O)(=O)c1ccc(NC(=O)c2cccc(C3CCOC3)c2)nc1. The predicted molar refractivity (Wildman–Crippen MR) is 107 cm³/mol. The molecule has 1 aromatic carbocycles. The highest BCUT2D eigenvalue weighted by molar-refractivity contribution is 7.89. The molecule has 0 radical (unpaired) electrons. The van der Waals surface area contributed by atoms with Crippen molar-refractivity contribution in [3.63, 3.8) is 0 Å². The van der Waals surface area contributed by atoms with E-state index in [0.717, 1.165) is 18.6 Å². The predicted octanol–water partition coefficient (Wildman–Crippen LogP) is 2.91. The summed E-state index contributed by atoms with van der Waals surface area (Å²) in [7, 11) is -3.67. The van der Waals surface area contributed by atoms with Crippen LogP contribution < -0.4 is 10.0 Å². The van der Waals surface area contributed by atoms with Crippen LogP contribution in [-0.2, 0) is 14.8 Å². The third-order valence-corrected chi connectivity index (χ3v) is 6.02. The van der Waals surface area contributed by atoms with Crippen molar-refractivity contribution in [3.05, 3.63) is 53.7 Å². The fourth-order valence-electron chi connectivity index (χ4n) is 2.99. The Morgan fingerprint density at radius 3 is 2.61 bits per heavy atom. The largest absolute Gasteiger partial charge is 0.381 e. The number of aromatic nitrogens is 1. The molecule has 0 bridgehead atoms. The summed E-state index contributed by atoms with van der Waals surface area (Å²) in [5.74, 6) is 0.302. The average Bonchev–Trinajstić information content (AvgIpc) is 3.15. The first-order chi connectivity index (χ1) is 13.1. The van der Waals surface area contributed by atoms with Crippen molar-refractivity contribution in [2.45, 2.75) is 43.5 Å². The van der Waals surface area contributed by atoms with Gasteiger partial charge in [-0.05, 0) is 57.0 Å². The molecule has 0 aliphatic carbocycles. The van der Waals surface area contributed by atoms with Gasteiger partial charge < -0.3 is 10.1 Å². The maximum Gasteiger partial charge on any atom is 0.256 e. The summed E-state index contributed by atoms with van der Waals surface area (Å²) < 4.78 is 32.6. The summed E-state index contributed by atoms with van der Waals surface area (Å²) in [6.45, 7) is 6.70. The van der Waals surface area contributed by atoms with Gasteiger partial charge in [-0.3, -0.25) is 4.79 Å². The van der Waals surface area contributed by atoms with Crippen molar-refractivity contribution >= 4 is 21.7 Å². The number of hydrogen-bond acceptors (Lipinski definition) is 5. The van der Waals surface area contributed by atoms with Gasteiger partial charge in [0.1, 0.15) is 10.7 Å². The van der Waals surface area contributed by atoms with E-state index in [2.05, 4.69) is 15.0 Å².